The predicted octanol–water partition coefficient (Wildman–Crippen LogP) is 5.58. The Morgan fingerprint density at radius 3 is 2.29 bits per heavy atom. The van der Waals surface area contributed by atoms with Crippen molar-refractivity contribution in [2.75, 3.05) is 0 Å². The number of hydrogen-bond acceptors (Lipinski definition) is 2. The summed E-state index contributed by atoms with van der Waals surface area (Å²) in [7, 11) is 0. The van der Waals surface area contributed by atoms with E-state index < -0.39 is 0 Å². The van der Waals surface area contributed by atoms with Gasteiger partial charge in [-0.2, -0.15) is 0 Å². The normalized spacial score (nSPS) is 12.5. The zero-order valence-corrected chi connectivity index (χ0v) is 13.7. The number of aryl methyl sites for hydroxylation is 1. The molecule has 0 aliphatic heterocycles. The Labute approximate surface area is 131 Å². The van der Waals surface area contributed by atoms with Crippen molar-refractivity contribution >= 4 is 11.6 Å². The van der Waals surface area contributed by atoms with Crippen LogP contribution in [0.1, 0.15) is 49.4 Å². The lowest BCUT2D eigenvalue weighted by Gasteiger charge is -2.17. The topological polar surface area (TPSA) is 35.2 Å². The molecule has 1 unspecified atom stereocenters. The van der Waals surface area contributed by atoms with Crippen molar-refractivity contribution in [3.05, 3.63) is 58.1 Å². The average molecular weight is 304 g/mol. The first-order chi connectivity index (χ1) is 9.90. The van der Waals surface area contributed by atoms with Gasteiger partial charge in [0.25, 0.3) is 0 Å². The molecule has 2 rings (SSSR count). The van der Waals surface area contributed by atoms with E-state index in [9.17, 15) is 0 Å². The minimum absolute atomic E-state index is 0.0709. The molecule has 0 amide bonds. The smallest absolute Gasteiger partial charge is 0.132 e. The fraction of sp³-hybridized carbons (Fsp3) is 0.333. The van der Waals surface area contributed by atoms with Crippen LogP contribution in [-0.2, 0) is 0 Å². The Morgan fingerprint density at radius 2 is 1.67 bits per heavy atom. The molecule has 2 aromatic rings. The number of para-hydroxylation sites is 1. The largest absolute Gasteiger partial charge is 0.457 e. The molecule has 3 heteroatoms. The summed E-state index contributed by atoms with van der Waals surface area (Å²) < 4.78 is 6.11. The van der Waals surface area contributed by atoms with Gasteiger partial charge < -0.3 is 10.5 Å². The number of nitrogens with two attached hydrogens (primary N) is 1. The van der Waals surface area contributed by atoms with Crippen molar-refractivity contribution in [2.45, 2.75) is 39.7 Å². The van der Waals surface area contributed by atoms with Gasteiger partial charge in [-0.25, -0.2) is 0 Å². The van der Waals surface area contributed by atoms with E-state index in [-0.39, 0.29) is 6.04 Å². The van der Waals surface area contributed by atoms with E-state index in [1.54, 1.807) is 0 Å². The average Bonchev–Trinajstić information content (AvgIpc) is 2.41. The highest BCUT2D eigenvalue weighted by atomic mass is 35.5. The molecule has 0 aliphatic carbocycles. The van der Waals surface area contributed by atoms with Crippen LogP contribution in [0.4, 0.5) is 0 Å². The highest BCUT2D eigenvalue weighted by molar-refractivity contribution is 6.31. The fourth-order valence-electron chi connectivity index (χ4n) is 2.29. The standard InChI is InChI=1S/C18H22ClNO/c1-11(2)15-10-18(12(3)9-16(15)19)21-17-8-6-5-7-14(17)13(4)20/h5-11,13H,20H2,1-4H3. The minimum Gasteiger partial charge on any atom is -0.457 e. The molecule has 0 bridgehead atoms. The first-order valence-corrected chi connectivity index (χ1v) is 7.60. The fourth-order valence-corrected chi connectivity index (χ4v) is 2.73. The first-order valence-electron chi connectivity index (χ1n) is 7.22. The molecule has 0 heterocycles. The molecule has 0 fully saturated rings. The van der Waals surface area contributed by atoms with Gasteiger partial charge in [0, 0.05) is 16.6 Å². The van der Waals surface area contributed by atoms with Gasteiger partial charge in [0.2, 0.25) is 0 Å². The molecule has 112 valence electrons. The van der Waals surface area contributed by atoms with E-state index in [0.717, 1.165) is 33.2 Å². The van der Waals surface area contributed by atoms with Crippen molar-refractivity contribution in [1.82, 2.24) is 0 Å². The maximum atomic E-state index is 6.31. The second-order valence-electron chi connectivity index (χ2n) is 5.72. The number of halogens is 1. The molecule has 21 heavy (non-hydrogen) atoms. The van der Waals surface area contributed by atoms with Crippen LogP contribution in [0.25, 0.3) is 0 Å². The Hall–Kier alpha value is -1.51. The van der Waals surface area contributed by atoms with Crippen LogP contribution in [-0.4, -0.2) is 0 Å². The van der Waals surface area contributed by atoms with Gasteiger partial charge >= 0.3 is 0 Å². The molecule has 0 saturated heterocycles. The van der Waals surface area contributed by atoms with Gasteiger partial charge in [-0.1, -0.05) is 43.6 Å². The van der Waals surface area contributed by atoms with Gasteiger partial charge in [0.15, 0.2) is 0 Å². The van der Waals surface area contributed by atoms with E-state index in [1.807, 2.05) is 50.2 Å². The molecule has 2 aromatic carbocycles. The highest BCUT2D eigenvalue weighted by Gasteiger charge is 2.13. The summed E-state index contributed by atoms with van der Waals surface area (Å²) in [6, 6.07) is 11.8. The molecule has 1 atom stereocenters. The van der Waals surface area contributed by atoms with Crippen LogP contribution < -0.4 is 10.5 Å². The summed E-state index contributed by atoms with van der Waals surface area (Å²) in [6.45, 7) is 8.20. The highest BCUT2D eigenvalue weighted by Crippen LogP contribution is 2.35. The Bertz CT molecular complexity index is 635. The Kier molecular flexibility index (Phi) is 4.92. The van der Waals surface area contributed by atoms with E-state index in [2.05, 4.69) is 13.8 Å². The lowest BCUT2D eigenvalue weighted by Crippen LogP contribution is -2.06. The second kappa shape index (κ2) is 6.50. The number of ether oxygens (including phenoxy) is 1. The summed E-state index contributed by atoms with van der Waals surface area (Å²) >= 11 is 6.31. The number of hydrogen-bond donors (Lipinski definition) is 1. The summed E-state index contributed by atoms with van der Waals surface area (Å²) in [6.07, 6.45) is 0. The predicted molar refractivity (Wildman–Crippen MR) is 89.4 cm³/mol. The molecular weight excluding hydrogens is 282 g/mol. The van der Waals surface area contributed by atoms with Crippen molar-refractivity contribution in [3.8, 4) is 11.5 Å². The Balaban J connectivity index is 2.43. The maximum Gasteiger partial charge on any atom is 0.132 e. The van der Waals surface area contributed by atoms with E-state index in [1.165, 1.54) is 0 Å². The number of rotatable bonds is 4. The van der Waals surface area contributed by atoms with Crippen LogP contribution in [0.5, 0.6) is 11.5 Å². The third-order valence-electron chi connectivity index (χ3n) is 3.55. The van der Waals surface area contributed by atoms with Crippen molar-refractivity contribution in [1.29, 1.82) is 0 Å². The van der Waals surface area contributed by atoms with Crippen molar-refractivity contribution < 1.29 is 4.74 Å². The van der Waals surface area contributed by atoms with Gasteiger partial charge in [-0.15, -0.1) is 0 Å². The van der Waals surface area contributed by atoms with Crippen LogP contribution in [0, 0.1) is 6.92 Å². The monoisotopic (exact) mass is 303 g/mol. The van der Waals surface area contributed by atoms with Gasteiger partial charge in [-0.3, -0.25) is 0 Å². The zero-order valence-electron chi connectivity index (χ0n) is 13.0. The quantitative estimate of drug-likeness (QED) is 0.799. The first kappa shape index (κ1) is 15.9. The SMILES string of the molecule is Cc1cc(Cl)c(C(C)C)cc1Oc1ccccc1C(C)N. The maximum absolute atomic E-state index is 6.31. The lowest BCUT2D eigenvalue weighted by atomic mass is 10.0. The molecule has 2 N–H and O–H groups in total. The van der Waals surface area contributed by atoms with Gasteiger partial charge in [0.05, 0.1) is 0 Å². The molecule has 2 nitrogen and oxygen atoms in total. The molecule has 0 spiro atoms. The molecule has 0 saturated carbocycles. The van der Waals surface area contributed by atoms with E-state index in [4.69, 9.17) is 22.1 Å². The molecule has 0 radical (unpaired) electrons. The van der Waals surface area contributed by atoms with Crippen LogP contribution in [0.15, 0.2) is 36.4 Å². The zero-order chi connectivity index (χ0) is 15.6. The minimum atomic E-state index is -0.0709. The van der Waals surface area contributed by atoms with E-state index >= 15 is 0 Å². The van der Waals surface area contributed by atoms with Gasteiger partial charge in [-0.05, 0) is 49.1 Å². The summed E-state index contributed by atoms with van der Waals surface area (Å²) in [5, 5.41) is 0.787. The molecule has 0 aliphatic rings. The van der Waals surface area contributed by atoms with E-state index in [0.29, 0.717) is 5.92 Å². The summed E-state index contributed by atoms with van der Waals surface area (Å²) in [4.78, 5) is 0. The van der Waals surface area contributed by atoms with Crippen LogP contribution >= 0.6 is 11.6 Å². The third-order valence-corrected chi connectivity index (χ3v) is 3.87. The van der Waals surface area contributed by atoms with Gasteiger partial charge in [0.1, 0.15) is 11.5 Å². The Morgan fingerprint density at radius 1 is 1.00 bits per heavy atom. The second-order valence-corrected chi connectivity index (χ2v) is 6.13. The van der Waals surface area contributed by atoms with Crippen LogP contribution in [0.2, 0.25) is 5.02 Å². The molecule has 0 aromatic heterocycles. The van der Waals surface area contributed by atoms with Crippen molar-refractivity contribution in [3.63, 3.8) is 0 Å². The summed E-state index contributed by atoms with van der Waals surface area (Å²) in [5.74, 6) is 1.98. The molecular formula is C18H22ClNO. The van der Waals surface area contributed by atoms with Crippen LogP contribution in [0.3, 0.4) is 0 Å². The lowest BCUT2D eigenvalue weighted by molar-refractivity contribution is 0.467. The summed E-state index contributed by atoms with van der Waals surface area (Å²) in [5.41, 5.74) is 9.12. The van der Waals surface area contributed by atoms with Crippen molar-refractivity contribution in [2.24, 2.45) is 5.73 Å². The number of benzene rings is 2. The third kappa shape index (κ3) is 3.58.